The van der Waals surface area contributed by atoms with E-state index in [4.69, 9.17) is 5.11 Å². The molecule has 0 radical (unpaired) electrons. The largest absolute Gasteiger partial charge is 0.478 e. The summed E-state index contributed by atoms with van der Waals surface area (Å²) >= 11 is 0. The van der Waals surface area contributed by atoms with E-state index < -0.39 is 5.97 Å². The maximum absolute atomic E-state index is 11.2. The van der Waals surface area contributed by atoms with Crippen LogP contribution in [0.1, 0.15) is 42.5 Å². The Kier molecular flexibility index (Phi) is 3.97. The Balaban J connectivity index is 2.16. The predicted octanol–water partition coefficient (Wildman–Crippen LogP) is 2.68. The van der Waals surface area contributed by atoms with Gasteiger partial charge in [0.2, 0.25) is 6.41 Å². The van der Waals surface area contributed by atoms with E-state index in [1.165, 1.54) is 18.6 Å². The first kappa shape index (κ1) is 12.6. The molecule has 18 heavy (non-hydrogen) atoms. The molecule has 0 aromatic heterocycles. The van der Waals surface area contributed by atoms with Crippen LogP contribution in [0.15, 0.2) is 24.3 Å². The van der Waals surface area contributed by atoms with Gasteiger partial charge >= 0.3 is 5.97 Å². The van der Waals surface area contributed by atoms with Crippen molar-refractivity contribution < 1.29 is 14.7 Å². The molecule has 4 heteroatoms. The molecular weight excluding hydrogens is 230 g/mol. The van der Waals surface area contributed by atoms with Gasteiger partial charge in [-0.3, -0.25) is 4.79 Å². The van der Waals surface area contributed by atoms with Gasteiger partial charge in [-0.05, 0) is 37.1 Å². The van der Waals surface area contributed by atoms with E-state index in [1.54, 1.807) is 17.0 Å². The maximum atomic E-state index is 11.2. The van der Waals surface area contributed by atoms with E-state index >= 15 is 0 Å². The van der Waals surface area contributed by atoms with Gasteiger partial charge in [0, 0.05) is 11.7 Å². The summed E-state index contributed by atoms with van der Waals surface area (Å²) in [4.78, 5) is 23.7. The minimum Gasteiger partial charge on any atom is -0.478 e. The second kappa shape index (κ2) is 5.67. The van der Waals surface area contributed by atoms with E-state index in [9.17, 15) is 9.59 Å². The zero-order valence-corrected chi connectivity index (χ0v) is 10.2. The summed E-state index contributed by atoms with van der Waals surface area (Å²) in [7, 11) is 0. The number of carboxylic acid groups (broad SMARTS) is 1. The monoisotopic (exact) mass is 247 g/mol. The molecule has 2 rings (SSSR count). The molecule has 0 aliphatic heterocycles. The van der Waals surface area contributed by atoms with E-state index in [2.05, 4.69) is 0 Å². The highest BCUT2D eigenvalue weighted by atomic mass is 16.4. The van der Waals surface area contributed by atoms with Crippen LogP contribution < -0.4 is 4.90 Å². The van der Waals surface area contributed by atoms with E-state index in [-0.39, 0.29) is 11.6 Å². The standard InChI is InChI=1S/C14H17NO3/c16-10-15(12-4-2-1-3-5-12)13-8-6-11(7-9-13)14(17)18/h6-10,12H,1-5H2,(H,17,18). The lowest BCUT2D eigenvalue weighted by atomic mass is 9.94. The topological polar surface area (TPSA) is 57.6 Å². The SMILES string of the molecule is O=CN(c1ccc(C(=O)O)cc1)C1CCCCC1. The Labute approximate surface area is 106 Å². The normalized spacial score (nSPS) is 16.2. The summed E-state index contributed by atoms with van der Waals surface area (Å²) in [6.07, 6.45) is 6.45. The molecule has 0 atom stereocenters. The molecule has 0 saturated heterocycles. The van der Waals surface area contributed by atoms with Gasteiger partial charge in [-0.2, -0.15) is 0 Å². The van der Waals surface area contributed by atoms with Gasteiger partial charge in [0.05, 0.1) is 5.56 Å². The lowest BCUT2D eigenvalue weighted by Crippen LogP contribution is -2.35. The molecule has 1 N–H and O–H groups in total. The van der Waals surface area contributed by atoms with Crippen molar-refractivity contribution in [1.29, 1.82) is 0 Å². The average Bonchev–Trinajstić information content (AvgIpc) is 2.41. The summed E-state index contributed by atoms with van der Waals surface area (Å²) in [5, 5.41) is 8.84. The Morgan fingerprint density at radius 1 is 1.17 bits per heavy atom. The maximum Gasteiger partial charge on any atom is 0.335 e. The van der Waals surface area contributed by atoms with E-state index in [1.807, 2.05) is 0 Å². The average molecular weight is 247 g/mol. The molecule has 0 unspecified atom stereocenters. The Morgan fingerprint density at radius 2 is 1.78 bits per heavy atom. The van der Waals surface area contributed by atoms with Crippen LogP contribution in [0.25, 0.3) is 0 Å². The highest BCUT2D eigenvalue weighted by Crippen LogP contribution is 2.26. The van der Waals surface area contributed by atoms with Gasteiger partial charge in [-0.15, -0.1) is 0 Å². The molecule has 1 aliphatic rings. The molecule has 0 bridgehead atoms. The summed E-state index contributed by atoms with van der Waals surface area (Å²) in [5.41, 5.74) is 1.02. The summed E-state index contributed by atoms with van der Waals surface area (Å²) in [6, 6.07) is 6.74. The van der Waals surface area contributed by atoms with Crippen LogP contribution in [0.5, 0.6) is 0 Å². The zero-order valence-electron chi connectivity index (χ0n) is 10.2. The number of hydrogen-bond donors (Lipinski definition) is 1. The molecule has 0 spiro atoms. The molecule has 4 nitrogen and oxygen atoms in total. The zero-order chi connectivity index (χ0) is 13.0. The third-order valence-corrected chi connectivity index (χ3v) is 3.49. The summed E-state index contributed by atoms with van der Waals surface area (Å²) in [6.45, 7) is 0. The third-order valence-electron chi connectivity index (χ3n) is 3.49. The van der Waals surface area contributed by atoms with Gasteiger partial charge in [-0.25, -0.2) is 4.79 Å². The van der Waals surface area contributed by atoms with Gasteiger partial charge in [0.1, 0.15) is 0 Å². The Hall–Kier alpha value is -1.84. The van der Waals surface area contributed by atoms with Gasteiger partial charge in [0.25, 0.3) is 0 Å². The fraction of sp³-hybridized carbons (Fsp3) is 0.429. The van der Waals surface area contributed by atoms with Crippen molar-refractivity contribution in [3.63, 3.8) is 0 Å². The van der Waals surface area contributed by atoms with Crippen LogP contribution in [0.3, 0.4) is 0 Å². The van der Waals surface area contributed by atoms with Crippen molar-refractivity contribution in [1.82, 2.24) is 0 Å². The Morgan fingerprint density at radius 3 is 2.28 bits per heavy atom. The number of anilines is 1. The highest BCUT2D eigenvalue weighted by molar-refractivity contribution is 5.88. The first-order chi connectivity index (χ1) is 8.72. The van der Waals surface area contributed by atoms with Crippen molar-refractivity contribution in [2.45, 2.75) is 38.1 Å². The van der Waals surface area contributed by atoms with Crippen molar-refractivity contribution >= 4 is 18.1 Å². The molecule has 1 aliphatic carbocycles. The van der Waals surface area contributed by atoms with E-state index in [0.717, 1.165) is 37.8 Å². The molecule has 1 fully saturated rings. The fourth-order valence-corrected chi connectivity index (χ4v) is 2.49. The molecule has 0 heterocycles. The van der Waals surface area contributed by atoms with Gasteiger partial charge in [-0.1, -0.05) is 19.3 Å². The van der Waals surface area contributed by atoms with Crippen LogP contribution in [0.4, 0.5) is 5.69 Å². The minimum atomic E-state index is -0.947. The predicted molar refractivity (Wildman–Crippen MR) is 68.8 cm³/mol. The van der Waals surface area contributed by atoms with Crippen molar-refractivity contribution in [2.75, 3.05) is 4.90 Å². The molecule has 1 aromatic rings. The number of rotatable bonds is 4. The first-order valence-corrected chi connectivity index (χ1v) is 6.29. The second-order valence-electron chi connectivity index (χ2n) is 4.66. The highest BCUT2D eigenvalue weighted by Gasteiger charge is 2.21. The quantitative estimate of drug-likeness (QED) is 0.832. The number of nitrogens with zero attached hydrogens (tertiary/aromatic N) is 1. The van der Waals surface area contributed by atoms with Gasteiger partial charge in [0.15, 0.2) is 0 Å². The number of hydrogen-bond acceptors (Lipinski definition) is 2. The van der Waals surface area contributed by atoms with Crippen LogP contribution >= 0.6 is 0 Å². The van der Waals surface area contributed by atoms with Crippen molar-refractivity contribution in [3.05, 3.63) is 29.8 Å². The van der Waals surface area contributed by atoms with Crippen molar-refractivity contribution in [2.24, 2.45) is 0 Å². The van der Waals surface area contributed by atoms with Gasteiger partial charge < -0.3 is 10.0 Å². The molecular formula is C14H17NO3. The van der Waals surface area contributed by atoms with Crippen LogP contribution in [0.2, 0.25) is 0 Å². The first-order valence-electron chi connectivity index (χ1n) is 6.29. The number of aromatic carboxylic acids is 1. The number of carboxylic acids is 1. The summed E-state index contributed by atoms with van der Waals surface area (Å²) in [5.74, 6) is -0.947. The van der Waals surface area contributed by atoms with Crippen LogP contribution in [-0.4, -0.2) is 23.5 Å². The molecule has 1 saturated carbocycles. The number of carbonyl (C=O) groups excluding carboxylic acids is 1. The smallest absolute Gasteiger partial charge is 0.335 e. The molecule has 1 amide bonds. The lowest BCUT2D eigenvalue weighted by molar-refractivity contribution is -0.108. The number of benzene rings is 1. The van der Waals surface area contributed by atoms with Crippen LogP contribution in [0, 0.1) is 0 Å². The number of carbonyl (C=O) groups is 2. The summed E-state index contributed by atoms with van der Waals surface area (Å²) < 4.78 is 0. The van der Waals surface area contributed by atoms with Crippen molar-refractivity contribution in [3.8, 4) is 0 Å². The lowest BCUT2D eigenvalue weighted by Gasteiger charge is -2.31. The second-order valence-corrected chi connectivity index (χ2v) is 4.66. The molecule has 1 aromatic carbocycles. The number of amides is 1. The molecule has 96 valence electrons. The van der Waals surface area contributed by atoms with Crippen LogP contribution in [-0.2, 0) is 4.79 Å². The minimum absolute atomic E-state index is 0.244. The third kappa shape index (κ3) is 2.70. The Bertz CT molecular complexity index is 421. The fourth-order valence-electron chi connectivity index (χ4n) is 2.49. The van der Waals surface area contributed by atoms with E-state index in [0.29, 0.717) is 0 Å².